The number of hydrogen-bond acceptors (Lipinski definition) is 6. The number of anilines is 2. The van der Waals surface area contributed by atoms with E-state index in [2.05, 4.69) is 20.1 Å². The van der Waals surface area contributed by atoms with Gasteiger partial charge in [-0.2, -0.15) is 4.39 Å². The Bertz CT molecular complexity index is 751. The molecule has 26 heavy (non-hydrogen) atoms. The topological polar surface area (TPSA) is 74.5 Å². The number of halogens is 1. The molecule has 3 rings (SSSR count). The highest BCUT2D eigenvalue weighted by molar-refractivity contribution is 5.62. The van der Waals surface area contributed by atoms with E-state index >= 15 is 0 Å². The summed E-state index contributed by atoms with van der Waals surface area (Å²) >= 11 is 0. The summed E-state index contributed by atoms with van der Waals surface area (Å²) in [5.41, 5.74) is -0.283. The smallest absolute Gasteiger partial charge is 0.327 e. The van der Waals surface area contributed by atoms with Crippen LogP contribution < -0.4 is 10.2 Å². The molecule has 0 radical (unpaired) electrons. The van der Waals surface area contributed by atoms with Crippen molar-refractivity contribution >= 4 is 17.2 Å². The van der Waals surface area contributed by atoms with Crippen LogP contribution in [0.25, 0.3) is 0 Å². The third kappa shape index (κ3) is 4.26. The van der Waals surface area contributed by atoms with Crippen LogP contribution in [0.3, 0.4) is 0 Å². The molecule has 1 aromatic carbocycles. The van der Waals surface area contributed by atoms with Gasteiger partial charge in [-0.25, -0.2) is 4.98 Å². The Morgan fingerprint density at radius 1 is 1.23 bits per heavy atom. The van der Waals surface area contributed by atoms with Gasteiger partial charge in [-0.1, -0.05) is 12.1 Å². The van der Waals surface area contributed by atoms with Crippen LogP contribution in [0.1, 0.15) is 6.92 Å². The second kappa shape index (κ2) is 8.09. The average Bonchev–Trinajstić information content (AvgIpc) is 2.63. The zero-order valence-corrected chi connectivity index (χ0v) is 14.6. The van der Waals surface area contributed by atoms with Crippen molar-refractivity contribution in [3.63, 3.8) is 0 Å². The van der Waals surface area contributed by atoms with E-state index in [9.17, 15) is 14.5 Å². The second-order valence-corrected chi connectivity index (χ2v) is 6.41. The number of piperazine rings is 1. The first-order valence-corrected chi connectivity index (χ1v) is 8.62. The fourth-order valence-electron chi connectivity index (χ4n) is 3.22. The first kappa shape index (κ1) is 18.1. The molecule has 1 N–H and O–H groups in total. The summed E-state index contributed by atoms with van der Waals surface area (Å²) in [5.74, 6) is 0.157. The van der Waals surface area contributed by atoms with Crippen LogP contribution in [0, 0.1) is 15.9 Å². The van der Waals surface area contributed by atoms with Gasteiger partial charge in [0.05, 0.1) is 4.92 Å². The van der Waals surface area contributed by atoms with E-state index in [0.717, 1.165) is 44.6 Å². The van der Waals surface area contributed by atoms with Crippen molar-refractivity contribution in [1.82, 2.24) is 9.88 Å². The van der Waals surface area contributed by atoms with Gasteiger partial charge in [-0.05, 0) is 31.2 Å². The maximum Gasteiger partial charge on any atom is 0.327 e. The molecule has 138 valence electrons. The molecule has 1 saturated heterocycles. The molecule has 7 nitrogen and oxygen atoms in total. The number of nitrogens with zero attached hydrogens (tertiary/aromatic N) is 4. The molecule has 1 unspecified atom stereocenters. The Labute approximate surface area is 151 Å². The average molecular weight is 359 g/mol. The number of benzene rings is 1. The standard InChI is InChI=1S/C18H22FN5O2/c1-14(21-16-6-4-5-15(19)18(16)24(25)26)13-22-9-11-23(12-10-22)17-7-2-3-8-20-17/h2-8,14,21H,9-13H2,1H3. The zero-order chi connectivity index (χ0) is 18.5. The molecule has 0 spiro atoms. The van der Waals surface area contributed by atoms with Gasteiger partial charge in [0.25, 0.3) is 0 Å². The highest BCUT2D eigenvalue weighted by atomic mass is 19.1. The summed E-state index contributed by atoms with van der Waals surface area (Å²) in [5, 5.41) is 14.2. The van der Waals surface area contributed by atoms with Gasteiger partial charge < -0.3 is 10.2 Å². The van der Waals surface area contributed by atoms with Gasteiger partial charge in [0.2, 0.25) is 5.82 Å². The molecule has 1 aliphatic heterocycles. The molecule has 0 amide bonds. The van der Waals surface area contributed by atoms with Crippen LogP contribution >= 0.6 is 0 Å². The third-order valence-corrected chi connectivity index (χ3v) is 4.45. The van der Waals surface area contributed by atoms with E-state index in [0.29, 0.717) is 0 Å². The predicted molar refractivity (Wildman–Crippen MR) is 99.0 cm³/mol. The van der Waals surface area contributed by atoms with Crippen LogP contribution in [0.2, 0.25) is 0 Å². The normalized spacial score (nSPS) is 16.3. The summed E-state index contributed by atoms with van der Waals surface area (Å²) in [7, 11) is 0. The third-order valence-electron chi connectivity index (χ3n) is 4.45. The molecule has 0 aliphatic carbocycles. The van der Waals surface area contributed by atoms with E-state index in [1.54, 1.807) is 6.20 Å². The Morgan fingerprint density at radius 3 is 2.65 bits per heavy atom. The van der Waals surface area contributed by atoms with E-state index in [4.69, 9.17) is 0 Å². The van der Waals surface area contributed by atoms with Crippen molar-refractivity contribution in [3.8, 4) is 0 Å². The van der Waals surface area contributed by atoms with Gasteiger partial charge in [0.1, 0.15) is 11.5 Å². The Balaban J connectivity index is 1.55. The molecule has 1 aliphatic rings. The fraction of sp³-hybridized carbons (Fsp3) is 0.389. The molecule has 1 aromatic heterocycles. The second-order valence-electron chi connectivity index (χ2n) is 6.41. The minimum absolute atomic E-state index is 0.0445. The number of nitro groups is 1. The van der Waals surface area contributed by atoms with Gasteiger partial charge in [0, 0.05) is 45.0 Å². The molecular formula is C18H22FN5O2. The van der Waals surface area contributed by atoms with E-state index in [-0.39, 0.29) is 11.7 Å². The minimum Gasteiger partial charge on any atom is -0.376 e. The monoisotopic (exact) mass is 359 g/mol. The van der Waals surface area contributed by atoms with Crippen LogP contribution in [0.4, 0.5) is 21.6 Å². The highest BCUT2D eigenvalue weighted by Crippen LogP contribution is 2.27. The lowest BCUT2D eigenvalue weighted by molar-refractivity contribution is -0.386. The summed E-state index contributed by atoms with van der Waals surface area (Å²) in [6, 6.07) is 9.95. The number of aromatic nitrogens is 1. The van der Waals surface area contributed by atoms with Gasteiger partial charge in [-0.3, -0.25) is 15.0 Å². The molecule has 1 fully saturated rings. The van der Waals surface area contributed by atoms with Crippen LogP contribution in [0.5, 0.6) is 0 Å². The van der Waals surface area contributed by atoms with Crippen LogP contribution in [0.15, 0.2) is 42.6 Å². The molecule has 2 heterocycles. The number of nitro benzene ring substituents is 1. The van der Waals surface area contributed by atoms with Gasteiger partial charge in [0.15, 0.2) is 0 Å². The minimum atomic E-state index is -0.823. The zero-order valence-electron chi connectivity index (χ0n) is 14.6. The Kier molecular flexibility index (Phi) is 5.62. The summed E-state index contributed by atoms with van der Waals surface area (Å²) < 4.78 is 13.7. The molecular weight excluding hydrogens is 337 g/mol. The fourth-order valence-corrected chi connectivity index (χ4v) is 3.22. The van der Waals surface area contributed by atoms with E-state index in [1.807, 2.05) is 25.1 Å². The molecule has 0 bridgehead atoms. The van der Waals surface area contributed by atoms with Crippen LogP contribution in [-0.4, -0.2) is 53.6 Å². The highest BCUT2D eigenvalue weighted by Gasteiger charge is 2.23. The number of para-hydroxylation sites is 1. The van der Waals surface area contributed by atoms with Crippen molar-refractivity contribution in [1.29, 1.82) is 0 Å². The van der Waals surface area contributed by atoms with Gasteiger partial charge in [-0.15, -0.1) is 0 Å². The summed E-state index contributed by atoms with van der Waals surface area (Å²) in [6.07, 6.45) is 1.79. The number of nitrogens with one attached hydrogen (secondary N) is 1. The maximum atomic E-state index is 13.7. The first-order valence-electron chi connectivity index (χ1n) is 8.62. The molecule has 8 heteroatoms. The lowest BCUT2D eigenvalue weighted by atomic mass is 10.2. The van der Waals surface area contributed by atoms with Crippen molar-refractivity contribution in [2.24, 2.45) is 0 Å². The summed E-state index contributed by atoms with van der Waals surface area (Å²) in [4.78, 5) is 19.3. The van der Waals surface area contributed by atoms with Crippen LogP contribution in [-0.2, 0) is 0 Å². The van der Waals surface area contributed by atoms with E-state index < -0.39 is 16.4 Å². The van der Waals surface area contributed by atoms with Crippen molar-refractivity contribution < 1.29 is 9.31 Å². The SMILES string of the molecule is CC(CN1CCN(c2ccccn2)CC1)Nc1cccc(F)c1[N+](=O)[O-]. The van der Waals surface area contributed by atoms with Crippen molar-refractivity contribution in [2.45, 2.75) is 13.0 Å². The van der Waals surface area contributed by atoms with E-state index in [1.165, 1.54) is 12.1 Å². The lowest BCUT2D eigenvalue weighted by Gasteiger charge is -2.36. The quantitative estimate of drug-likeness (QED) is 0.631. The number of rotatable bonds is 6. The molecule has 2 aromatic rings. The lowest BCUT2D eigenvalue weighted by Crippen LogP contribution is -2.49. The number of pyridine rings is 1. The number of hydrogen-bond donors (Lipinski definition) is 1. The molecule has 0 saturated carbocycles. The van der Waals surface area contributed by atoms with Crippen molar-refractivity contribution in [2.75, 3.05) is 42.9 Å². The molecule has 1 atom stereocenters. The first-order chi connectivity index (χ1) is 12.5. The summed E-state index contributed by atoms with van der Waals surface area (Å²) in [6.45, 7) is 6.19. The largest absolute Gasteiger partial charge is 0.376 e. The Morgan fingerprint density at radius 2 is 2.00 bits per heavy atom. The Hall–Kier alpha value is -2.74. The maximum absolute atomic E-state index is 13.7. The van der Waals surface area contributed by atoms with Gasteiger partial charge >= 0.3 is 5.69 Å². The van der Waals surface area contributed by atoms with Crippen molar-refractivity contribution in [3.05, 3.63) is 58.5 Å². The predicted octanol–water partition coefficient (Wildman–Crippen LogP) is 2.75.